The van der Waals surface area contributed by atoms with Gasteiger partial charge in [0, 0.05) is 13.2 Å². The Morgan fingerprint density at radius 2 is 1.85 bits per heavy atom. The minimum atomic E-state index is -1.02. The van der Waals surface area contributed by atoms with Crippen LogP contribution in [0.25, 0.3) is 0 Å². The molecule has 13 heavy (non-hydrogen) atoms. The first-order valence-electron chi connectivity index (χ1n) is 4.77. The van der Waals surface area contributed by atoms with Gasteiger partial charge in [0.2, 0.25) is 0 Å². The van der Waals surface area contributed by atoms with E-state index in [0.29, 0.717) is 6.54 Å². The van der Waals surface area contributed by atoms with Crippen LogP contribution in [-0.4, -0.2) is 47.2 Å². The van der Waals surface area contributed by atoms with E-state index in [0.717, 1.165) is 25.8 Å². The molecule has 80 valence electrons. The average Bonchev–Trinajstić information content (AvgIpc) is 2.11. The van der Waals surface area contributed by atoms with Gasteiger partial charge in [0.1, 0.15) is 0 Å². The summed E-state index contributed by atoms with van der Waals surface area (Å²) in [6.07, 6.45) is 2.81. The van der Waals surface area contributed by atoms with Crippen molar-refractivity contribution in [3.8, 4) is 0 Å². The maximum Gasteiger partial charge on any atom is 0.0972 e. The molecule has 4 nitrogen and oxygen atoms in total. The van der Waals surface area contributed by atoms with Gasteiger partial charge >= 0.3 is 0 Å². The molecule has 0 saturated carbocycles. The minimum absolute atomic E-state index is 0.226. The first-order chi connectivity index (χ1) is 6.12. The monoisotopic (exact) mass is 191 g/mol. The van der Waals surface area contributed by atoms with E-state index in [1.54, 1.807) is 6.92 Å². The number of hydrogen-bond donors (Lipinski definition) is 4. The minimum Gasteiger partial charge on any atom is -0.396 e. The van der Waals surface area contributed by atoms with Gasteiger partial charge in [-0.2, -0.15) is 0 Å². The lowest BCUT2D eigenvalue weighted by atomic mass is 10.1. The molecule has 0 spiro atoms. The van der Waals surface area contributed by atoms with Crippen molar-refractivity contribution in [3.63, 3.8) is 0 Å². The highest BCUT2D eigenvalue weighted by Gasteiger charge is 2.17. The molecule has 0 aromatic carbocycles. The molecule has 0 aliphatic rings. The van der Waals surface area contributed by atoms with Gasteiger partial charge in [-0.3, -0.25) is 0 Å². The normalized spacial score (nSPS) is 15.7. The zero-order valence-corrected chi connectivity index (χ0v) is 8.29. The molecule has 0 aliphatic heterocycles. The highest BCUT2D eigenvalue weighted by Crippen LogP contribution is 1.99. The van der Waals surface area contributed by atoms with Gasteiger partial charge in [-0.25, -0.2) is 0 Å². The molecule has 4 heteroatoms. The van der Waals surface area contributed by atoms with Crippen molar-refractivity contribution in [2.24, 2.45) is 0 Å². The van der Waals surface area contributed by atoms with Gasteiger partial charge in [0.15, 0.2) is 0 Å². The lowest BCUT2D eigenvalue weighted by molar-refractivity contribution is 0.00285. The molecule has 0 fully saturated rings. The number of unbranched alkanes of at least 4 members (excludes halogenated alkanes) is 2. The van der Waals surface area contributed by atoms with Crippen molar-refractivity contribution >= 4 is 0 Å². The van der Waals surface area contributed by atoms with Gasteiger partial charge < -0.3 is 20.6 Å². The van der Waals surface area contributed by atoms with Crippen molar-refractivity contribution in [1.82, 2.24) is 5.32 Å². The second-order valence-electron chi connectivity index (χ2n) is 3.62. The van der Waals surface area contributed by atoms with Crippen molar-refractivity contribution in [1.29, 1.82) is 0 Å². The summed E-state index contributed by atoms with van der Waals surface area (Å²) < 4.78 is 0. The molecular weight excluding hydrogens is 170 g/mol. The van der Waals surface area contributed by atoms with Crippen molar-refractivity contribution in [2.45, 2.75) is 31.8 Å². The van der Waals surface area contributed by atoms with Crippen molar-refractivity contribution < 1.29 is 15.3 Å². The zero-order chi connectivity index (χ0) is 10.2. The zero-order valence-electron chi connectivity index (χ0n) is 8.29. The van der Waals surface area contributed by atoms with Crippen LogP contribution in [0.4, 0.5) is 0 Å². The largest absolute Gasteiger partial charge is 0.396 e. The first-order valence-corrected chi connectivity index (χ1v) is 4.77. The maximum atomic E-state index is 9.37. The summed E-state index contributed by atoms with van der Waals surface area (Å²) >= 11 is 0. The molecule has 0 bridgehead atoms. The number of hydrogen-bond acceptors (Lipinski definition) is 4. The summed E-state index contributed by atoms with van der Waals surface area (Å²) in [7, 11) is 0. The molecule has 0 aliphatic carbocycles. The van der Waals surface area contributed by atoms with Gasteiger partial charge in [-0.15, -0.1) is 0 Å². The molecule has 4 N–H and O–H groups in total. The molecule has 0 aromatic heterocycles. The summed E-state index contributed by atoms with van der Waals surface area (Å²) in [6.45, 7) is 2.83. The second kappa shape index (κ2) is 7.26. The number of nitrogens with one attached hydrogen (secondary N) is 1. The molecule has 0 saturated heterocycles. The topological polar surface area (TPSA) is 72.7 Å². The Morgan fingerprint density at radius 3 is 2.38 bits per heavy atom. The summed E-state index contributed by atoms with van der Waals surface area (Å²) in [5.41, 5.74) is -1.02. The molecule has 0 rings (SSSR count). The molecule has 0 heterocycles. The highest BCUT2D eigenvalue weighted by molar-refractivity contribution is 4.73. The van der Waals surface area contributed by atoms with Crippen molar-refractivity contribution in [2.75, 3.05) is 26.3 Å². The molecule has 0 amide bonds. The van der Waals surface area contributed by atoms with E-state index < -0.39 is 5.60 Å². The second-order valence-corrected chi connectivity index (χ2v) is 3.62. The Hall–Kier alpha value is -0.160. The fourth-order valence-corrected chi connectivity index (χ4v) is 0.952. The summed E-state index contributed by atoms with van der Waals surface area (Å²) in [5, 5.41) is 29.6. The Morgan fingerprint density at radius 1 is 1.15 bits per heavy atom. The number of aliphatic hydroxyl groups excluding tert-OH is 2. The van der Waals surface area contributed by atoms with Crippen LogP contribution in [0.15, 0.2) is 0 Å². The Labute approximate surface area is 79.6 Å². The van der Waals surface area contributed by atoms with Crippen molar-refractivity contribution in [3.05, 3.63) is 0 Å². The van der Waals surface area contributed by atoms with Crippen LogP contribution in [0.5, 0.6) is 0 Å². The van der Waals surface area contributed by atoms with Gasteiger partial charge in [0.05, 0.1) is 12.2 Å². The predicted molar refractivity (Wildman–Crippen MR) is 51.5 cm³/mol. The first kappa shape index (κ1) is 12.8. The standard InChI is InChI=1S/C9H21NO3/c1-9(13,8-12)7-10-5-3-2-4-6-11/h10-13H,2-8H2,1H3. The van der Waals surface area contributed by atoms with E-state index in [9.17, 15) is 5.11 Å². The van der Waals surface area contributed by atoms with Gasteiger partial charge in [-0.05, 0) is 32.7 Å². The Bertz CT molecular complexity index is 117. The number of aliphatic hydroxyl groups is 3. The molecular formula is C9H21NO3. The van der Waals surface area contributed by atoms with E-state index in [1.165, 1.54) is 0 Å². The van der Waals surface area contributed by atoms with Gasteiger partial charge in [0.25, 0.3) is 0 Å². The lowest BCUT2D eigenvalue weighted by Gasteiger charge is -2.20. The van der Waals surface area contributed by atoms with Crippen LogP contribution >= 0.6 is 0 Å². The summed E-state index contributed by atoms with van der Waals surface area (Å²) in [6, 6.07) is 0. The molecule has 0 radical (unpaired) electrons. The van der Waals surface area contributed by atoms with Crippen LogP contribution in [0.1, 0.15) is 26.2 Å². The molecule has 1 unspecified atom stereocenters. The van der Waals surface area contributed by atoms with Crippen LogP contribution < -0.4 is 5.32 Å². The SMILES string of the molecule is CC(O)(CO)CNCCCCCO. The lowest BCUT2D eigenvalue weighted by Crippen LogP contribution is -2.41. The molecule has 1 atom stereocenters. The fourth-order valence-electron chi connectivity index (χ4n) is 0.952. The summed E-state index contributed by atoms with van der Waals surface area (Å²) in [4.78, 5) is 0. The fraction of sp³-hybridized carbons (Fsp3) is 1.00. The maximum absolute atomic E-state index is 9.37. The van der Waals surface area contributed by atoms with E-state index in [2.05, 4.69) is 5.32 Å². The van der Waals surface area contributed by atoms with Crippen LogP contribution in [-0.2, 0) is 0 Å². The van der Waals surface area contributed by atoms with Crippen LogP contribution in [0.3, 0.4) is 0 Å². The highest BCUT2D eigenvalue weighted by atomic mass is 16.3. The van der Waals surface area contributed by atoms with E-state index in [-0.39, 0.29) is 13.2 Å². The third kappa shape index (κ3) is 8.18. The smallest absolute Gasteiger partial charge is 0.0972 e. The summed E-state index contributed by atoms with van der Waals surface area (Å²) in [5.74, 6) is 0. The predicted octanol–water partition coefficient (Wildman–Crippen LogP) is -0.518. The van der Waals surface area contributed by atoms with E-state index in [1.807, 2.05) is 0 Å². The van der Waals surface area contributed by atoms with Crippen LogP contribution in [0.2, 0.25) is 0 Å². The molecule has 0 aromatic rings. The third-order valence-electron chi connectivity index (χ3n) is 1.86. The Balaban J connectivity index is 3.16. The van der Waals surface area contributed by atoms with E-state index in [4.69, 9.17) is 10.2 Å². The van der Waals surface area contributed by atoms with E-state index >= 15 is 0 Å². The Kier molecular flexibility index (Phi) is 7.17. The third-order valence-corrected chi connectivity index (χ3v) is 1.86. The van der Waals surface area contributed by atoms with Gasteiger partial charge in [-0.1, -0.05) is 0 Å². The van der Waals surface area contributed by atoms with Crippen LogP contribution in [0, 0.1) is 0 Å². The average molecular weight is 191 g/mol. The number of rotatable bonds is 8. The quantitative estimate of drug-likeness (QED) is 0.390.